The molecule has 76 valence electrons. The van der Waals surface area contributed by atoms with Crippen LogP contribution in [0, 0.1) is 0 Å². The lowest BCUT2D eigenvalue weighted by atomic mass is 10.1. The van der Waals surface area contributed by atoms with E-state index in [0.29, 0.717) is 13.0 Å². The van der Waals surface area contributed by atoms with Gasteiger partial charge in [-0.25, -0.2) is 4.79 Å². The van der Waals surface area contributed by atoms with Crippen LogP contribution in [0.3, 0.4) is 0 Å². The Morgan fingerprint density at radius 2 is 2.31 bits per heavy atom. The third kappa shape index (κ3) is 6.34. The Bertz CT molecular complexity index is 154. The van der Waals surface area contributed by atoms with Gasteiger partial charge in [-0.1, -0.05) is 32.3 Å². The fraction of sp³-hybridized carbons (Fsp3) is 0.700. The molecular formula is C10H18O3. The van der Waals surface area contributed by atoms with E-state index in [-0.39, 0.29) is 0 Å². The summed E-state index contributed by atoms with van der Waals surface area (Å²) >= 11 is 0. The van der Waals surface area contributed by atoms with Crippen LogP contribution >= 0.6 is 0 Å². The zero-order chi connectivity index (χ0) is 10.1. The Morgan fingerprint density at radius 3 is 2.77 bits per heavy atom. The lowest BCUT2D eigenvalue weighted by Crippen LogP contribution is -2.23. The molecule has 1 atom stereocenters. The molecule has 0 saturated carbocycles. The number of carboxylic acid groups (broad SMARTS) is 1. The van der Waals surface area contributed by atoms with Crippen LogP contribution in [0.1, 0.15) is 32.6 Å². The molecule has 13 heavy (non-hydrogen) atoms. The van der Waals surface area contributed by atoms with Crippen LogP contribution in [0.15, 0.2) is 12.7 Å². The van der Waals surface area contributed by atoms with Crippen molar-refractivity contribution in [1.82, 2.24) is 0 Å². The molecule has 0 heterocycles. The fourth-order valence-corrected chi connectivity index (χ4v) is 1.04. The zero-order valence-corrected chi connectivity index (χ0v) is 8.16. The summed E-state index contributed by atoms with van der Waals surface area (Å²) < 4.78 is 5.08. The summed E-state index contributed by atoms with van der Waals surface area (Å²) in [6, 6.07) is 0. The van der Waals surface area contributed by atoms with Crippen molar-refractivity contribution in [3.8, 4) is 0 Å². The lowest BCUT2D eigenvalue weighted by molar-refractivity contribution is -0.150. The molecule has 0 aliphatic heterocycles. The number of carbonyl (C=O) groups is 1. The minimum atomic E-state index is -0.877. The molecule has 0 aliphatic carbocycles. The largest absolute Gasteiger partial charge is 0.479 e. The molecule has 3 nitrogen and oxygen atoms in total. The lowest BCUT2D eigenvalue weighted by Gasteiger charge is -2.11. The maximum absolute atomic E-state index is 10.6. The van der Waals surface area contributed by atoms with E-state index in [1.807, 2.05) is 0 Å². The summed E-state index contributed by atoms with van der Waals surface area (Å²) in [6.07, 6.45) is 4.55. The monoisotopic (exact) mass is 186 g/mol. The van der Waals surface area contributed by atoms with Crippen LogP contribution in [0.2, 0.25) is 0 Å². The molecule has 0 amide bonds. The third-order valence-electron chi connectivity index (χ3n) is 1.76. The van der Waals surface area contributed by atoms with Crippen LogP contribution in [0.4, 0.5) is 0 Å². The number of carboxylic acids is 1. The van der Waals surface area contributed by atoms with Crippen LogP contribution < -0.4 is 0 Å². The summed E-state index contributed by atoms with van der Waals surface area (Å²) in [6.45, 7) is 5.86. The van der Waals surface area contributed by atoms with Gasteiger partial charge in [-0.2, -0.15) is 0 Å². The quantitative estimate of drug-likeness (QED) is 0.467. The first-order chi connectivity index (χ1) is 6.22. The van der Waals surface area contributed by atoms with E-state index in [9.17, 15) is 4.79 Å². The van der Waals surface area contributed by atoms with Gasteiger partial charge in [0.1, 0.15) is 0 Å². The highest BCUT2D eigenvalue weighted by Gasteiger charge is 2.16. The second kappa shape index (κ2) is 7.80. The van der Waals surface area contributed by atoms with E-state index in [1.165, 1.54) is 0 Å². The molecule has 1 unspecified atom stereocenters. The van der Waals surface area contributed by atoms with Gasteiger partial charge in [-0.15, -0.1) is 6.58 Å². The molecule has 0 fully saturated rings. The van der Waals surface area contributed by atoms with Gasteiger partial charge in [-0.3, -0.25) is 0 Å². The normalized spacial score (nSPS) is 12.4. The minimum Gasteiger partial charge on any atom is -0.479 e. The first-order valence-electron chi connectivity index (χ1n) is 4.67. The van der Waals surface area contributed by atoms with Gasteiger partial charge in [0, 0.05) is 0 Å². The highest BCUT2D eigenvalue weighted by atomic mass is 16.5. The minimum absolute atomic E-state index is 0.309. The van der Waals surface area contributed by atoms with E-state index in [2.05, 4.69) is 13.5 Å². The van der Waals surface area contributed by atoms with Crippen molar-refractivity contribution in [1.29, 1.82) is 0 Å². The molecule has 0 rings (SSSR count). The topological polar surface area (TPSA) is 46.5 Å². The Morgan fingerprint density at radius 1 is 1.62 bits per heavy atom. The first kappa shape index (κ1) is 12.2. The number of hydrogen-bond acceptors (Lipinski definition) is 2. The number of hydrogen-bond donors (Lipinski definition) is 1. The first-order valence-corrected chi connectivity index (χ1v) is 4.67. The molecular weight excluding hydrogens is 168 g/mol. The van der Waals surface area contributed by atoms with E-state index in [0.717, 1.165) is 19.3 Å². The van der Waals surface area contributed by atoms with Crippen LogP contribution in [0.5, 0.6) is 0 Å². The van der Waals surface area contributed by atoms with Gasteiger partial charge in [0.05, 0.1) is 6.61 Å². The molecule has 0 bridgehead atoms. The second-order valence-corrected chi connectivity index (χ2v) is 2.94. The van der Waals surface area contributed by atoms with Gasteiger partial charge < -0.3 is 9.84 Å². The predicted molar refractivity (Wildman–Crippen MR) is 51.7 cm³/mol. The van der Waals surface area contributed by atoms with E-state index in [1.54, 1.807) is 6.08 Å². The maximum atomic E-state index is 10.6. The van der Waals surface area contributed by atoms with E-state index < -0.39 is 12.1 Å². The van der Waals surface area contributed by atoms with Crippen molar-refractivity contribution in [3.63, 3.8) is 0 Å². The average Bonchev–Trinajstić information content (AvgIpc) is 2.10. The third-order valence-corrected chi connectivity index (χ3v) is 1.76. The number of rotatable bonds is 8. The van der Waals surface area contributed by atoms with Crippen molar-refractivity contribution >= 4 is 5.97 Å². The van der Waals surface area contributed by atoms with Gasteiger partial charge in [0.25, 0.3) is 0 Å². The van der Waals surface area contributed by atoms with Crippen molar-refractivity contribution in [2.45, 2.75) is 38.7 Å². The molecule has 0 radical (unpaired) electrons. The zero-order valence-electron chi connectivity index (χ0n) is 8.16. The van der Waals surface area contributed by atoms with E-state index in [4.69, 9.17) is 9.84 Å². The average molecular weight is 186 g/mol. The van der Waals surface area contributed by atoms with Crippen LogP contribution in [-0.2, 0) is 9.53 Å². The van der Waals surface area contributed by atoms with Crippen LogP contribution in [0.25, 0.3) is 0 Å². The van der Waals surface area contributed by atoms with E-state index >= 15 is 0 Å². The number of unbranched alkanes of at least 4 members (excludes halogenated alkanes) is 2. The summed E-state index contributed by atoms with van der Waals surface area (Å²) in [5.41, 5.74) is 0. The summed E-state index contributed by atoms with van der Waals surface area (Å²) in [7, 11) is 0. The molecule has 1 N–H and O–H groups in total. The van der Waals surface area contributed by atoms with Gasteiger partial charge >= 0.3 is 5.97 Å². The van der Waals surface area contributed by atoms with Crippen molar-refractivity contribution in [2.75, 3.05) is 6.61 Å². The molecule has 0 aromatic heterocycles. The number of ether oxygens (including phenoxy) is 1. The highest BCUT2D eigenvalue weighted by Crippen LogP contribution is 2.07. The Hall–Kier alpha value is -0.830. The molecule has 0 aromatic carbocycles. The fourth-order valence-electron chi connectivity index (χ4n) is 1.04. The Labute approximate surface area is 79.4 Å². The summed E-state index contributed by atoms with van der Waals surface area (Å²) in [5, 5.41) is 8.74. The molecule has 3 heteroatoms. The smallest absolute Gasteiger partial charge is 0.332 e. The van der Waals surface area contributed by atoms with Crippen molar-refractivity contribution < 1.29 is 14.6 Å². The standard InChI is InChI=1S/C10H18O3/c1-3-5-6-7-9(10(11)12)13-8-4-2/h4,9H,2-3,5-8H2,1H3,(H,11,12). The molecule has 0 spiro atoms. The summed E-state index contributed by atoms with van der Waals surface area (Å²) in [4.78, 5) is 10.6. The SMILES string of the molecule is C=CCOC(CCCCC)C(=O)O. The van der Waals surface area contributed by atoms with Gasteiger partial charge in [-0.05, 0) is 6.42 Å². The maximum Gasteiger partial charge on any atom is 0.332 e. The summed E-state index contributed by atoms with van der Waals surface area (Å²) in [5.74, 6) is -0.877. The number of aliphatic carboxylic acids is 1. The van der Waals surface area contributed by atoms with Crippen molar-refractivity contribution in [2.24, 2.45) is 0 Å². The highest BCUT2D eigenvalue weighted by molar-refractivity contribution is 5.72. The predicted octanol–water partition coefficient (Wildman–Crippen LogP) is 2.22. The molecule has 0 aliphatic rings. The molecule has 0 saturated heterocycles. The van der Waals surface area contributed by atoms with Crippen LogP contribution in [-0.4, -0.2) is 23.8 Å². The Kier molecular flexibility index (Phi) is 7.30. The van der Waals surface area contributed by atoms with Gasteiger partial charge in [0.2, 0.25) is 0 Å². The van der Waals surface area contributed by atoms with Gasteiger partial charge in [0.15, 0.2) is 6.10 Å². The molecule has 0 aromatic rings. The second-order valence-electron chi connectivity index (χ2n) is 2.94. The Balaban J connectivity index is 3.66. The van der Waals surface area contributed by atoms with Crippen molar-refractivity contribution in [3.05, 3.63) is 12.7 Å².